The van der Waals surface area contributed by atoms with Crippen molar-refractivity contribution in [3.8, 4) is 5.75 Å². The van der Waals surface area contributed by atoms with Crippen LogP contribution < -0.4 is 0 Å². The first kappa shape index (κ1) is 16.5. The van der Waals surface area contributed by atoms with Gasteiger partial charge in [-0.15, -0.1) is 0 Å². The van der Waals surface area contributed by atoms with Gasteiger partial charge in [-0.05, 0) is 35.8 Å². The molecule has 1 aromatic carbocycles. The zero-order chi connectivity index (χ0) is 16.0. The fraction of sp³-hybridized carbons (Fsp3) is 0.588. The lowest BCUT2D eigenvalue weighted by molar-refractivity contribution is 0.0695. The lowest BCUT2D eigenvalue weighted by atomic mass is 9.73. The Morgan fingerprint density at radius 1 is 0.850 bits per heavy atom. The van der Waals surface area contributed by atoms with Crippen LogP contribution in [0.5, 0.6) is 5.75 Å². The van der Waals surface area contributed by atoms with Gasteiger partial charge in [-0.25, -0.2) is 4.79 Å². The van der Waals surface area contributed by atoms with Crippen LogP contribution in [-0.4, -0.2) is 16.2 Å². The Labute approximate surface area is 121 Å². The van der Waals surface area contributed by atoms with Crippen molar-refractivity contribution in [2.75, 3.05) is 0 Å². The maximum atomic E-state index is 11.6. The Morgan fingerprint density at radius 2 is 1.15 bits per heavy atom. The molecule has 3 nitrogen and oxygen atoms in total. The first-order valence-electron chi connectivity index (χ1n) is 6.90. The summed E-state index contributed by atoms with van der Waals surface area (Å²) in [7, 11) is 0. The summed E-state index contributed by atoms with van der Waals surface area (Å²) in [5.74, 6) is -0.694. The van der Waals surface area contributed by atoms with Gasteiger partial charge in [-0.2, -0.15) is 0 Å². The smallest absolute Gasteiger partial charge is 0.336 e. The number of carboxylic acid groups (broad SMARTS) is 1. The third-order valence-corrected chi connectivity index (χ3v) is 3.69. The highest BCUT2D eigenvalue weighted by atomic mass is 16.4. The van der Waals surface area contributed by atoms with Crippen molar-refractivity contribution in [2.45, 2.75) is 66.2 Å². The fourth-order valence-corrected chi connectivity index (χ4v) is 3.17. The molecule has 0 heterocycles. The van der Waals surface area contributed by atoms with E-state index in [0.29, 0.717) is 16.7 Å². The van der Waals surface area contributed by atoms with Crippen molar-refractivity contribution in [1.82, 2.24) is 0 Å². The summed E-state index contributed by atoms with van der Waals surface area (Å²) in [4.78, 5) is 11.6. The van der Waals surface area contributed by atoms with Gasteiger partial charge < -0.3 is 10.2 Å². The average molecular weight is 278 g/mol. The van der Waals surface area contributed by atoms with E-state index in [0.717, 1.165) is 11.1 Å². The van der Waals surface area contributed by atoms with E-state index in [1.54, 1.807) is 13.8 Å². The predicted octanol–water partition coefficient (Wildman–Crippen LogP) is 4.30. The highest BCUT2D eigenvalue weighted by Gasteiger charge is 2.32. The van der Waals surface area contributed by atoms with E-state index in [9.17, 15) is 15.0 Å². The summed E-state index contributed by atoms with van der Waals surface area (Å²) in [6.45, 7) is 15.5. The number of carboxylic acids is 1. The van der Waals surface area contributed by atoms with E-state index < -0.39 is 5.97 Å². The standard InChI is InChI=1S/C17H26O3/c1-9-11(15(19)20)10(2)13(17(6,7)8)14(18)12(9)16(3,4)5/h18H,1-8H3,(H,19,20). The van der Waals surface area contributed by atoms with Crippen molar-refractivity contribution in [3.63, 3.8) is 0 Å². The molecule has 0 aromatic heterocycles. The summed E-state index contributed by atoms with van der Waals surface area (Å²) in [5, 5.41) is 20.3. The number of rotatable bonds is 1. The Morgan fingerprint density at radius 3 is 1.35 bits per heavy atom. The normalized spacial score (nSPS) is 12.6. The Kier molecular flexibility index (Phi) is 3.97. The molecule has 0 saturated carbocycles. The number of hydrogen-bond donors (Lipinski definition) is 2. The predicted molar refractivity (Wildman–Crippen MR) is 81.9 cm³/mol. The molecule has 1 rings (SSSR count). The molecule has 2 N–H and O–H groups in total. The first-order chi connectivity index (χ1) is 8.80. The van der Waals surface area contributed by atoms with Gasteiger partial charge in [0.15, 0.2) is 0 Å². The molecule has 0 amide bonds. The van der Waals surface area contributed by atoms with E-state index in [2.05, 4.69) is 0 Å². The largest absolute Gasteiger partial charge is 0.507 e. The van der Waals surface area contributed by atoms with Crippen molar-refractivity contribution in [1.29, 1.82) is 0 Å². The monoisotopic (exact) mass is 278 g/mol. The minimum atomic E-state index is -0.934. The first-order valence-corrected chi connectivity index (χ1v) is 6.90. The molecule has 0 saturated heterocycles. The van der Waals surface area contributed by atoms with E-state index in [4.69, 9.17) is 0 Å². The van der Waals surface area contributed by atoms with E-state index in [-0.39, 0.29) is 16.6 Å². The molecule has 20 heavy (non-hydrogen) atoms. The number of benzene rings is 1. The maximum absolute atomic E-state index is 11.6. The maximum Gasteiger partial charge on any atom is 0.336 e. The number of carbonyl (C=O) groups is 1. The second kappa shape index (κ2) is 4.80. The van der Waals surface area contributed by atoms with Crippen LogP contribution in [0.15, 0.2) is 0 Å². The van der Waals surface area contributed by atoms with Crippen molar-refractivity contribution >= 4 is 5.97 Å². The van der Waals surface area contributed by atoms with Crippen LogP contribution in [-0.2, 0) is 10.8 Å². The van der Waals surface area contributed by atoms with Gasteiger partial charge >= 0.3 is 5.97 Å². The van der Waals surface area contributed by atoms with Gasteiger partial charge in [0.05, 0.1) is 5.56 Å². The fourth-order valence-electron chi connectivity index (χ4n) is 3.17. The second-order valence-electron chi connectivity index (χ2n) is 7.53. The van der Waals surface area contributed by atoms with Gasteiger partial charge in [0, 0.05) is 11.1 Å². The molecule has 0 atom stereocenters. The van der Waals surface area contributed by atoms with Crippen LogP contribution >= 0.6 is 0 Å². The molecule has 0 aliphatic carbocycles. The van der Waals surface area contributed by atoms with Gasteiger partial charge in [0.25, 0.3) is 0 Å². The van der Waals surface area contributed by atoms with Crippen LogP contribution in [0.2, 0.25) is 0 Å². The second-order valence-corrected chi connectivity index (χ2v) is 7.53. The van der Waals surface area contributed by atoms with Gasteiger partial charge in [-0.3, -0.25) is 0 Å². The number of aromatic hydroxyl groups is 1. The van der Waals surface area contributed by atoms with Gasteiger partial charge in [0.2, 0.25) is 0 Å². The summed E-state index contributed by atoms with van der Waals surface area (Å²) in [5.41, 5.74) is 2.47. The lowest BCUT2D eigenvalue weighted by Crippen LogP contribution is -2.23. The molecule has 0 spiro atoms. The summed E-state index contributed by atoms with van der Waals surface area (Å²) >= 11 is 0. The highest BCUT2D eigenvalue weighted by Crippen LogP contribution is 2.44. The highest BCUT2D eigenvalue weighted by molar-refractivity contribution is 5.93. The minimum absolute atomic E-state index is 0.241. The lowest BCUT2D eigenvalue weighted by Gasteiger charge is -2.31. The summed E-state index contributed by atoms with van der Waals surface area (Å²) in [6.07, 6.45) is 0. The average Bonchev–Trinajstić information content (AvgIpc) is 2.09. The third kappa shape index (κ3) is 2.67. The topological polar surface area (TPSA) is 57.5 Å². The molecule has 3 heteroatoms. The molecule has 0 unspecified atom stereocenters. The molecule has 1 aromatic rings. The van der Waals surface area contributed by atoms with E-state index >= 15 is 0 Å². The van der Waals surface area contributed by atoms with Crippen LogP contribution in [0.3, 0.4) is 0 Å². The zero-order valence-electron chi connectivity index (χ0n) is 13.8. The van der Waals surface area contributed by atoms with Gasteiger partial charge in [0.1, 0.15) is 5.75 Å². The van der Waals surface area contributed by atoms with Gasteiger partial charge in [-0.1, -0.05) is 41.5 Å². The van der Waals surface area contributed by atoms with Crippen LogP contribution in [0, 0.1) is 13.8 Å². The van der Waals surface area contributed by atoms with Crippen molar-refractivity contribution < 1.29 is 15.0 Å². The molecule has 0 radical (unpaired) electrons. The van der Waals surface area contributed by atoms with Crippen LogP contribution in [0.1, 0.15) is 74.2 Å². The molecule has 0 bridgehead atoms. The van der Waals surface area contributed by atoms with E-state index in [1.807, 2.05) is 41.5 Å². The Balaban J connectivity index is 4.00. The zero-order valence-corrected chi connectivity index (χ0v) is 13.8. The molecular formula is C17H26O3. The number of phenolic OH excluding ortho intramolecular Hbond substituents is 1. The molecule has 112 valence electrons. The molecule has 0 aliphatic rings. The summed E-state index contributed by atoms with van der Waals surface area (Å²) in [6, 6.07) is 0. The third-order valence-electron chi connectivity index (χ3n) is 3.69. The minimum Gasteiger partial charge on any atom is -0.507 e. The number of hydrogen-bond acceptors (Lipinski definition) is 2. The SMILES string of the molecule is Cc1c(C(=O)O)c(C)c(C(C)(C)C)c(O)c1C(C)(C)C. The quantitative estimate of drug-likeness (QED) is 0.805. The van der Waals surface area contributed by atoms with E-state index in [1.165, 1.54) is 0 Å². The van der Waals surface area contributed by atoms with Crippen molar-refractivity contribution in [3.05, 3.63) is 27.8 Å². The Bertz CT molecular complexity index is 514. The Hall–Kier alpha value is -1.51. The van der Waals surface area contributed by atoms with Crippen LogP contribution in [0.25, 0.3) is 0 Å². The van der Waals surface area contributed by atoms with Crippen molar-refractivity contribution in [2.24, 2.45) is 0 Å². The van der Waals surface area contributed by atoms with Crippen LogP contribution in [0.4, 0.5) is 0 Å². The summed E-state index contributed by atoms with van der Waals surface area (Å²) < 4.78 is 0. The molecule has 0 aliphatic heterocycles. The molecule has 0 fully saturated rings. The number of aromatic carboxylic acids is 1. The molecular weight excluding hydrogens is 252 g/mol. The number of phenols is 1.